The van der Waals surface area contributed by atoms with Crippen LogP contribution in [0.25, 0.3) is 0 Å². The second-order valence-electron chi connectivity index (χ2n) is 1.23. The molecular formula is C4Li2O6. The molecule has 0 aromatic heterocycles. The average Bonchev–Trinajstić information content (AvgIpc) is 1.84. The van der Waals surface area contributed by atoms with E-state index in [4.69, 9.17) is 0 Å². The summed E-state index contributed by atoms with van der Waals surface area (Å²) in [7, 11) is 0. The smallest absolute Gasteiger partial charge is 0.541 e. The molecule has 0 rings (SSSR count). The number of ketones is 2. The summed E-state index contributed by atoms with van der Waals surface area (Å²) in [6, 6.07) is 0. The van der Waals surface area contributed by atoms with Crippen LogP contribution in [0.5, 0.6) is 0 Å². The fourth-order valence-corrected chi connectivity index (χ4v) is 0.185. The zero-order chi connectivity index (χ0) is 8.31. The SMILES string of the molecule is O=C([O-])C(=O)C(=O)C(=O)[O-].[Li+].[Li+]. The van der Waals surface area contributed by atoms with Crippen molar-refractivity contribution >= 4 is 23.5 Å². The number of aliphatic carboxylic acids is 2. The van der Waals surface area contributed by atoms with E-state index in [0.29, 0.717) is 0 Å². The van der Waals surface area contributed by atoms with Gasteiger partial charge in [-0.2, -0.15) is 0 Å². The number of hydrogen-bond acceptors (Lipinski definition) is 6. The standard InChI is InChI=1S/C4H2O6.2Li/c5-1(3(7)8)2(6)4(9)10;;/h(H,7,8)(H,9,10);;/q;2*+1/p-2. The zero-order valence-electron chi connectivity index (χ0n) is 6.45. The summed E-state index contributed by atoms with van der Waals surface area (Å²) in [4.78, 5) is 38.6. The van der Waals surface area contributed by atoms with Crippen molar-refractivity contribution in [3.63, 3.8) is 0 Å². The van der Waals surface area contributed by atoms with Gasteiger partial charge in [0.05, 0.1) is 0 Å². The van der Waals surface area contributed by atoms with Gasteiger partial charge in [0, 0.05) is 0 Å². The molecule has 6 nitrogen and oxygen atoms in total. The van der Waals surface area contributed by atoms with E-state index in [1.165, 1.54) is 0 Å². The number of Topliss-reactive ketones (excluding diaryl/α,β-unsaturated/α-hetero) is 2. The van der Waals surface area contributed by atoms with Gasteiger partial charge in [0.2, 0.25) is 11.6 Å². The maximum Gasteiger partial charge on any atom is 1.00 e. The molecule has 0 unspecified atom stereocenters. The molecular weight excluding hydrogens is 158 g/mol. The third-order valence-electron chi connectivity index (χ3n) is 0.577. The van der Waals surface area contributed by atoms with Crippen LogP contribution in [-0.2, 0) is 19.2 Å². The van der Waals surface area contributed by atoms with E-state index < -0.39 is 23.5 Å². The Morgan fingerprint density at radius 2 is 0.833 bits per heavy atom. The molecule has 0 bridgehead atoms. The molecule has 54 valence electrons. The van der Waals surface area contributed by atoms with Crippen LogP contribution in [0.15, 0.2) is 0 Å². The first kappa shape index (κ1) is 17.5. The number of carboxylic acid groups (broad SMARTS) is 2. The first-order valence-electron chi connectivity index (χ1n) is 1.97. The molecule has 0 aliphatic heterocycles. The maximum absolute atomic E-state index is 9.85. The molecule has 0 saturated carbocycles. The van der Waals surface area contributed by atoms with Crippen LogP contribution < -0.4 is 47.9 Å². The van der Waals surface area contributed by atoms with E-state index in [9.17, 15) is 29.4 Å². The third kappa shape index (κ3) is 5.17. The van der Waals surface area contributed by atoms with Gasteiger partial charge in [-0.1, -0.05) is 0 Å². The molecule has 0 aliphatic rings. The molecule has 0 heterocycles. The van der Waals surface area contributed by atoms with E-state index in [-0.39, 0.29) is 37.7 Å². The number of carbonyl (C=O) groups excluding carboxylic acids is 4. The third-order valence-corrected chi connectivity index (χ3v) is 0.577. The monoisotopic (exact) mass is 158 g/mol. The van der Waals surface area contributed by atoms with Crippen LogP contribution in [0.4, 0.5) is 0 Å². The van der Waals surface area contributed by atoms with E-state index in [2.05, 4.69) is 0 Å². The topological polar surface area (TPSA) is 114 Å². The van der Waals surface area contributed by atoms with Gasteiger partial charge in [-0.25, -0.2) is 0 Å². The minimum absolute atomic E-state index is 0. The molecule has 0 aromatic carbocycles. The van der Waals surface area contributed by atoms with E-state index in [1.54, 1.807) is 0 Å². The van der Waals surface area contributed by atoms with E-state index in [0.717, 1.165) is 0 Å². The fraction of sp³-hybridized carbons (Fsp3) is 0. The molecule has 0 radical (unpaired) electrons. The van der Waals surface area contributed by atoms with Crippen molar-refractivity contribution in [2.45, 2.75) is 0 Å². The van der Waals surface area contributed by atoms with Crippen LogP contribution in [0, 0.1) is 0 Å². The first-order valence-corrected chi connectivity index (χ1v) is 1.97. The Balaban J connectivity index is -0.000000405. The van der Waals surface area contributed by atoms with Crippen LogP contribution in [0.1, 0.15) is 0 Å². The van der Waals surface area contributed by atoms with Crippen molar-refractivity contribution < 1.29 is 67.1 Å². The van der Waals surface area contributed by atoms with Gasteiger partial charge >= 0.3 is 37.7 Å². The fourth-order valence-electron chi connectivity index (χ4n) is 0.185. The van der Waals surface area contributed by atoms with Gasteiger partial charge in [0.1, 0.15) is 11.9 Å². The van der Waals surface area contributed by atoms with Crippen molar-refractivity contribution in [1.29, 1.82) is 0 Å². The Hall–Kier alpha value is -0.525. The summed E-state index contributed by atoms with van der Waals surface area (Å²) in [6.07, 6.45) is 0. The molecule has 0 fully saturated rings. The van der Waals surface area contributed by atoms with E-state index >= 15 is 0 Å². The summed E-state index contributed by atoms with van der Waals surface area (Å²) in [6.45, 7) is 0. The molecule has 0 aromatic rings. The number of hydrogen-bond donors (Lipinski definition) is 0. The Kier molecular flexibility index (Phi) is 10.4. The van der Waals surface area contributed by atoms with Crippen molar-refractivity contribution in [3.8, 4) is 0 Å². The predicted octanol–water partition coefficient (Wildman–Crippen LogP) is -10.4. The Labute approximate surface area is 90.7 Å². The summed E-state index contributed by atoms with van der Waals surface area (Å²) >= 11 is 0. The largest absolute Gasteiger partial charge is 1.00 e. The summed E-state index contributed by atoms with van der Waals surface area (Å²) in [5.41, 5.74) is 0. The Morgan fingerprint density at radius 3 is 0.917 bits per heavy atom. The van der Waals surface area contributed by atoms with Gasteiger partial charge in [0.25, 0.3) is 0 Å². The zero-order valence-corrected chi connectivity index (χ0v) is 6.45. The van der Waals surface area contributed by atoms with Gasteiger partial charge in [0.15, 0.2) is 0 Å². The summed E-state index contributed by atoms with van der Waals surface area (Å²) in [5.74, 6) is -8.93. The minimum Gasteiger partial charge on any atom is -0.541 e. The van der Waals surface area contributed by atoms with Crippen LogP contribution in [-0.4, -0.2) is 23.5 Å². The first-order chi connectivity index (χ1) is 4.46. The molecule has 12 heavy (non-hydrogen) atoms. The summed E-state index contributed by atoms with van der Waals surface area (Å²) in [5, 5.41) is 18.9. The minimum atomic E-state index is -2.35. The van der Waals surface area contributed by atoms with Crippen molar-refractivity contribution in [1.82, 2.24) is 0 Å². The molecule has 8 heteroatoms. The molecule has 0 N–H and O–H groups in total. The quantitative estimate of drug-likeness (QED) is 0.229. The van der Waals surface area contributed by atoms with Crippen LogP contribution >= 0.6 is 0 Å². The average molecular weight is 158 g/mol. The number of rotatable bonds is 3. The van der Waals surface area contributed by atoms with Crippen molar-refractivity contribution in [2.24, 2.45) is 0 Å². The van der Waals surface area contributed by atoms with Gasteiger partial charge in [-0.15, -0.1) is 0 Å². The summed E-state index contributed by atoms with van der Waals surface area (Å²) < 4.78 is 0. The maximum atomic E-state index is 9.85. The van der Waals surface area contributed by atoms with Crippen molar-refractivity contribution in [3.05, 3.63) is 0 Å². The van der Waals surface area contributed by atoms with Gasteiger partial charge in [-0.05, 0) is 0 Å². The molecule has 0 spiro atoms. The van der Waals surface area contributed by atoms with Crippen LogP contribution in [0.2, 0.25) is 0 Å². The Morgan fingerprint density at radius 1 is 0.667 bits per heavy atom. The Bertz CT molecular complexity index is 198. The molecule has 0 saturated heterocycles. The predicted molar refractivity (Wildman–Crippen MR) is 20.0 cm³/mol. The van der Waals surface area contributed by atoms with E-state index in [1.807, 2.05) is 0 Å². The molecule has 0 amide bonds. The molecule has 0 aliphatic carbocycles. The number of carboxylic acids is 2. The second kappa shape index (κ2) is 7.14. The van der Waals surface area contributed by atoms with Crippen molar-refractivity contribution in [2.75, 3.05) is 0 Å². The van der Waals surface area contributed by atoms with Gasteiger partial charge < -0.3 is 19.8 Å². The second-order valence-corrected chi connectivity index (χ2v) is 1.23. The van der Waals surface area contributed by atoms with Crippen LogP contribution in [0.3, 0.4) is 0 Å². The molecule has 0 atom stereocenters. The normalized spacial score (nSPS) is 7.00. The van der Waals surface area contributed by atoms with Gasteiger partial charge in [-0.3, -0.25) is 9.59 Å². The number of carbonyl (C=O) groups is 4.